The molecule has 1 aliphatic heterocycles. The van der Waals surface area contributed by atoms with Gasteiger partial charge >= 0.3 is 5.97 Å². The quantitative estimate of drug-likeness (QED) is 0.311. The Bertz CT molecular complexity index is 1070. The Kier molecular flexibility index (Phi) is 8.58. The summed E-state index contributed by atoms with van der Waals surface area (Å²) in [4.78, 5) is 25.2. The molecule has 3 rings (SSSR count). The summed E-state index contributed by atoms with van der Waals surface area (Å²) in [6.45, 7) is 2.68. The van der Waals surface area contributed by atoms with Gasteiger partial charge in [0, 0.05) is 11.6 Å². The Morgan fingerprint density at radius 1 is 1.28 bits per heavy atom. The van der Waals surface area contributed by atoms with E-state index in [1.54, 1.807) is 24.3 Å². The van der Waals surface area contributed by atoms with Gasteiger partial charge in [0.25, 0.3) is 5.91 Å². The molecule has 1 amide bonds. The summed E-state index contributed by atoms with van der Waals surface area (Å²) >= 11 is 15.8. The summed E-state index contributed by atoms with van der Waals surface area (Å²) in [6, 6.07) is 11.0. The van der Waals surface area contributed by atoms with Crippen molar-refractivity contribution in [1.82, 2.24) is 4.90 Å². The number of benzene rings is 2. The number of carbonyl (C=O) groups excluding carboxylic acids is 1. The van der Waals surface area contributed by atoms with Crippen molar-refractivity contribution in [2.75, 3.05) is 13.2 Å². The monoisotopic (exact) mass is 555 g/mol. The molecule has 0 radical (unpaired) electrons. The zero-order valence-corrected chi connectivity index (χ0v) is 20.9. The minimum Gasteiger partial charge on any atom is -0.490 e. The molecule has 0 spiro atoms. The second-order valence-electron chi connectivity index (χ2n) is 6.66. The lowest BCUT2D eigenvalue weighted by atomic mass is 10.1. The SMILES string of the molecule is CCOc1cc(/C=C2/SC(=S)N(CCC(=O)O)C2=O)cc(Br)c1OCc1ccc(Cl)cc1. The van der Waals surface area contributed by atoms with E-state index in [9.17, 15) is 9.59 Å². The highest BCUT2D eigenvalue weighted by molar-refractivity contribution is 9.10. The Balaban J connectivity index is 1.82. The van der Waals surface area contributed by atoms with Crippen LogP contribution in [0.5, 0.6) is 11.5 Å². The highest BCUT2D eigenvalue weighted by atomic mass is 79.9. The van der Waals surface area contributed by atoms with Crippen LogP contribution in [0.4, 0.5) is 0 Å². The molecule has 2 aromatic carbocycles. The summed E-state index contributed by atoms with van der Waals surface area (Å²) in [5.41, 5.74) is 1.68. The molecule has 168 valence electrons. The number of amides is 1. The van der Waals surface area contributed by atoms with Crippen molar-refractivity contribution in [3.8, 4) is 11.5 Å². The second kappa shape index (κ2) is 11.2. The third-order valence-corrected chi connectivity index (χ3v) is 6.57. The number of nitrogens with zero attached hydrogens (tertiary/aromatic N) is 1. The summed E-state index contributed by atoms with van der Waals surface area (Å²) < 4.78 is 12.8. The van der Waals surface area contributed by atoms with Crippen LogP contribution in [0.25, 0.3) is 6.08 Å². The maximum atomic E-state index is 12.7. The number of thiocarbonyl (C=S) groups is 1. The first kappa shape index (κ1) is 24.6. The molecule has 1 saturated heterocycles. The molecule has 2 aromatic rings. The molecule has 0 bridgehead atoms. The lowest BCUT2D eigenvalue weighted by Crippen LogP contribution is -2.30. The minimum absolute atomic E-state index is 0.0444. The number of carbonyl (C=O) groups is 2. The number of halogens is 2. The molecule has 1 N–H and O–H groups in total. The zero-order valence-electron chi connectivity index (χ0n) is 17.0. The van der Waals surface area contributed by atoms with Crippen molar-refractivity contribution in [2.24, 2.45) is 0 Å². The van der Waals surface area contributed by atoms with E-state index >= 15 is 0 Å². The van der Waals surface area contributed by atoms with E-state index in [0.29, 0.717) is 43.4 Å². The van der Waals surface area contributed by atoms with Crippen LogP contribution in [0.2, 0.25) is 5.02 Å². The van der Waals surface area contributed by atoms with Crippen LogP contribution in [0.1, 0.15) is 24.5 Å². The Morgan fingerprint density at radius 3 is 2.66 bits per heavy atom. The van der Waals surface area contributed by atoms with E-state index in [1.165, 1.54) is 4.90 Å². The fourth-order valence-corrected chi connectivity index (χ4v) is 4.87. The van der Waals surface area contributed by atoms with Gasteiger partial charge in [-0.15, -0.1) is 0 Å². The number of hydrogen-bond donors (Lipinski definition) is 1. The van der Waals surface area contributed by atoms with Crippen LogP contribution in [0, 0.1) is 0 Å². The van der Waals surface area contributed by atoms with E-state index in [0.717, 1.165) is 22.9 Å². The number of ether oxygens (including phenoxy) is 2. The van der Waals surface area contributed by atoms with Gasteiger partial charge in [-0.3, -0.25) is 14.5 Å². The average Bonchev–Trinajstić information content (AvgIpc) is 3.00. The minimum atomic E-state index is -0.984. The van der Waals surface area contributed by atoms with Gasteiger partial charge in [-0.2, -0.15) is 0 Å². The van der Waals surface area contributed by atoms with Gasteiger partial charge < -0.3 is 14.6 Å². The van der Waals surface area contributed by atoms with Crippen LogP contribution in [-0.4, -0.2) is 39.4 Å². The van der Waals surface area contributed by atoms with Crippen molar-refractivity contribution < 1.29 is 24.2 Å². The molecule has 32 heavy (non-hydrogen) atoms. The van der Waals surface area contributed by atoms with E-state index in [4.69, 9.17) is 38.4 Å². The first-order valence-corrected chi connectivity index (χ1v) is 12.0. The van der Waals surface area contributed by atoms with Crippen LogP contribution in [-0.2, 0) is 16.2 Å². The van der Waals surface area contributed by atoms with Gasteiger partial charge in [0.15, 0.2) is 11.5 Å². The van der Waals surface area contributed by atoms with Crippen molar-refractivity contribution in [3.63, 3.8) is 0 Å². The van der Waals surface area contributed by atoms with Gasteiger partial charge in [-0.1, -0.05) is 47.7 Å². The third-order valence-electron chi connectivity index (χ3n) is 4.35. The van der Waals surface area contributed by atoms with Crippen molar-refractivity contribution >= 4 is 73.8 Å². The van der Waals surface area contributed by atoms with Crippen LogP contribution in [0.15, 0.2) is 45.8 Å². The van der Waals surface area contributed by atoms with E-state index in [-0.39, 0.29) is 18.9 Å². The summed E-state index contributed by atoms with van der Waals surface area (Å²) in [6.07, 6.45) is 1.54. The van der Waals surface area contributed by atoms with E-state index < -0.39 is 5.97 Å². The zero-order chi connectivity index (χ0) is 23.3. The lowest BCUT2D eigenvalue weighted by molar-refractivity contribution is -0.137. The molecule has 1 fully saturated rings. The molecule has 1 aliphatic rings. The predicted molar refractivity (Wildman–Crippen MR) is 133 cm³/mol. The second-order valence-corrected chi connectivity index (χ2v) is 9.62. The predicted octanol–water partition coefficient (Wildman–Crippen LogP) is 5.76. The van der Waals surface area contributed by atoms with Gasteiger partial charge in [0.1, 0.15) is 10.9 Å². The molecule has 10 heteroatoms. The Labute approximate surface area is 208 Å². The molecule has 0 aromatic heterocycles. The fraction of sp³-hybridized carbons (Fsp3) is 0.227. The van der Waals surface area contributed by atoms with Gasteiger partial charge in [0.05, 0.1) is 22.4 Å². The summed E-state index contributed by atoms with van der Waals surface area (Å²) in [5, 5.41) is 9.53. The first-order chi connectivity index (χ1) is 15.3. The summed E-state index contributed by atoms with van der Waals surface area (Å²) in [5.74, 6) is -0.211. The highest BCUT2D eigenvalue weighted by Crippen LogP contribution is 2.39. The Hall–Kier alpha value is -2.07. The molecular weight excluding hydrogens is 538 g/mol. The molecular formula is C22H19BrClNO5S2. The average molecular weight is 557 g/mol. The van der Waals surface area contributed by atoms with Crippen molar-refractivity contribution in [2.45, 2.75) is 20.0 Å². The lowest BCUT2D eigenvalue weighted by Gasteiger charge is -2.15. The number of rotatable bonds is 9. The van der Waals surface area contributed by atoms with Crippen molar-refractivity contribution in [1.29, 1.82) is 0 Å². The maximum absolute atomic E-state index is 12.7. The number of hydrogen-bond acceptors (Lipinski definition) is 6. The highest BCUT2D eigenvalue weighted by Gasteiger charge is 2.32. The topological polar surface area (TPSA) is 76.1 Å². The number of carboxylic acid groups (broad SMARTS) is 1. The first-order valence-electron chi connectivity index (χ1n) is 9.59. The normalized spacial score (nSPS) is 14.8. The largest absolute Gasteiger partial charge is 0.490 e. The smallest absolute Gasteiger partial charge is 0.305 e. The van der Waals surface area contributed by atoms with Crippen LogP contribution >= 0.6 is 51.5 Å². The molecule has 1 heterocycles. The third kappa shape index (κ3) is 6.25. The van der Waals surface area contributed by atoms with Gasteiger partial charge in [0.2, 0.25) is 0 Å². The number of thioether (sulfide) groups is 1. The van der Waals surface area contributed by atoms with Gasteiger partial charge in [-0.25, -0.2) is 0 Å². The number of carboxylic acids is 1. The molecule has 0 aliphatic carbocycles. The molecule has 0 saturated carbocycles. The molecule has 0 unspecified atom stereocenters. The van der Waals surface area contributed by atoms with E-state index in [2.05, 4.69) is 15.9 Å². The Morgan fingerprint density at radius 2 is 2.00 bits per heavy atom. The van der Waals surface area contributed by atoms with Gasteiger partial charge in [-0.05, 0) is 64.3 Å². The number of aliphatic carboxylic acids is 1. The van der Waals surface area contributed by atoms with Crippen molar-refractivity contribution in [3.05, 3.63) is 61.9 Å². The van der Waals surface area contributed by atoms with Crippen LogP contribution in [0.3, 0.4) is 0 Å². The maximum Gasteiger partial charge on any atom is 0.305 e. The standard InChI is InChI=1S/C22H19BrClNO5S2/c1-2-29-17-10-14(11-18-21(28)25(22(31)32-18)8-7-19(26)27)9-16(23)20(17)30-12-13-3-5-15(24)6-4-13/h3-6,9-11H,2,7-8,12H2,1H3,(H,26,27)/b18-11+. The van der Waals surface area contributed by atoms with Crippen LogP contribution < -0.4 is 9.47 Å². The summed E-state index contributed by atoms with van der Waals surface area (Å²) in [7, 11) is 0. The van der Waals surface area contributed by atoms with E-state index in [1.807, 2.05) is 25.1 Å². The molecule has 0 atom stereocenters. The molecule has 6 nitrogen and oxygen atoms in total. The fourth-order valence-electron chi connectivity index (χ4n) is 2.86.